The highest BCUT2D eigenvalue weighted by Gasteiger charge is 2.44. The van der Waals surface area contributed by atoms with E-state index in [2.05, 4.69) is 15.0 Å². The summed E-state index contributed by atoms with van der Waals surface area (Å²) in [6.07, 6.45) is 4.81. The van der Waals surface area contributed by atoms with Crippen molar-refractivity contribution < 1.29 is 4.79 Å². The van der Waals surface area contributed by atoms with Crippen LogP contribution in [0.2, 0.25) is 0 Å². The van der Waals surface area contributed by atoms with Crippen molar-refractivity contribution >= 4 is 11.7 Å². The lowest BCUT2D eigenvalue weighted by molar-refractivity contribution is 0.0602. The van der Waals surface area contributed by atoms with Gasteiger partial charge < -0.3 is 9.80 Å². The fourth-order valence-corrected chi connectivity index (χ4v) is 3.29. The Kier molecular flexibility index (Phi) is 4.41. The number of amides is 1. The number of rotatable bonds is 3. The van der Waals surface area contributed by atoms with E-state index >= 15 is 0 Å². The molecule has 0 aromatic carbocycles. The van der Waals surface area contributed by atoms with E-state index in [1.165, 1.54) is 6.33 Å². The monoisotopic (exact) mass is 340 g/mol. The van der Waals surface area contributed by atoms with E-state index in [1.54, 1.807) is 6.20 Å². The summed E-state index contributed by atoms with van der Waals surface area (Å²) in [5.74, 6) is 1.48. The molecule has 132 valence electrons. The SMILES string of the molecule is Cc1cc(N(C)C)nc(C2(C)CCCN2C(=O)c2cncnc2C)n1. The minimum Gasteiger partial charge on any atom is -0.363 e. The number of carbonyl (C=O) groups is 1. The third-order valence-corrected chi connectivity index (χ3v) is 4.81. The van der Waals surface area contributed by atoms with Crippen molar-refractivity contribution in [3.8, 4) is 0 Å². The van der Waals surface area contributed by atoms with Gasteiger partial charge in [0, 0.05) is 38.6 Å². The lowest BCUT2D eigenvalue weighted by Gasteiger charge is -2.34. The van der Waals surface area contributed by atoms with Crippen molar-refractivity contribution in [3.05, 3.63) is 41.4 Å². The van der Waals surface area contributed by atoms with Gasteiger partial charge in [0.05, 0.1) is 11.3 Å². The van der Waals surface area contributed by atoms with Crippen LogP contribution in [0, 0.1) is 13.8 Å². The Labute approximate surface area is 148 Å². The van der Waals surface area contributed by atoms with Crippen LogP contribution >= 0.6 is 0 Å². The predicted octanol–water partition coefficient (Wildman–Crippen LogP) is 2.10. The summed E-state index contributed by atoms with van der Waals surface area (Å²) >= 11 is 0. The Bertz CT molecular complexity index is 806. The molecule has 3 rings (SSSR count). The molecule has 1 amide bonds. The van der Waals surface area contributed by atoms with Gasteiger partial charge in [0.2, 0.25) is 0 Å². The molecule has 7 heteroatoms. The number of aromatic nitrogens is 4. The topological polar surface area (TPSA) is 75.1 Å². The summed E-state index contributed by atoms with van der Waals surface area (Å²) < 4.78 is 0. The Hall–Kier alpha value is -2.57. The van der Waals surface area contributed by atoms with Crippen LogP contribution in [0.5, 0.6) is 0 Å². The molecular weight excluding hydrogens is 316 g/mol. The molecule has 2 aromatic heterocycles. The van der Waals surface area contributed by atoms with Gasteiger partial charge in [0.15, 0.2) is 5.82 Å². The van der Waals surface area contributed by atoms with Crippen molar-refractivity contribution in [1.29, 1.82) is 0 Å². The normalized spacial score (nSPS) is 20.0. The van der Waals surface area contributed by atoms with Crippen LogP contribution in [0.3, 0.4) is 0 Å². The molecule has 1 fully saturated rings. The average molecular weight is 340 g/mol. The van der Waals surface area contributed by atoms with Gasteiger partial charge in [-0.1, -0.05) is 0 Å². The first-order valence-corrected chi connectivity index (χ1v) is 8.45. The molecule has 1 saturated heterocycles. The Morgan fingerprint density at radius 1 is 1.28 bits per heavy atom. The van der Waals surface area contributed by atoms with E-state index in [-0.39, 0.29) is 5.91 Å². The van der Waals surface area contributed by atoms with E-state index in [0.717, 1.165) is 24.4 Å². The van der Waals surface area contributed by atoms with Crippen molar-refractivity contribution in [3.63, 3.8) is 0 Å². The fourth-order valence-electron chi connectivity index (χ4n) is 3.29. The largest absolute Gasteiger partial charge is 0.363 e. The van der Waals surface area contributed by atoms with Crippen molar-refractivity contribution in [2.45, 2.75) is 39.2 Å². The quantitative estimate of drug-likeness (QED) is 0.852. The van der Waals surface area contributed by atoms with Crippen molar-refractivity contribution in [1.82, 2.24) is 24.8 Å². The second-order valence-electron chi connectivity index (χ2n) is 6.94. The van der Waals surface area contributed by atoms with Gasteiger partial charge in [-0.3, -0.25) is 4.79 Å². The zero-order valence-corrected chi connectivity index (χ0v) is 15.4. The third-order valence-electron chi connectivity index (χ3n) is 4.81. The molecule has 25 heavy (non-hydrogen) atoms. The van der Waals surface area contributed by atoms with E-state index in [1.807, 2.05) is 50.7 Å². The van der Waals surface area contributed by atoms with Crippen LogP contribution in [0.1, 0.15) is 47.3 Å². The second-order valence-corrected chi connectivity index (χ2v) is 6.94. The molecule has 1 aliphatic heterocycles. The summed E-state index contributed by atoms with van der Waals surface area (Å²) in [6.45, 7) is 6.51. The molecule has 7 nitrogen and oxygen atoms in total. The third kappa shape index (κ3) is 3.06. The predicted molar refractivity (Wildman–Crippen MR) is 95.5 cm³/mol. The van der Waals surface area contributed by atoms with Crippen LogP contribution in [0.4, 0.5) is 5.82 Å². The van der Waals surface area contributed by atoms with Gasteiger partial charge in [0.25, 0.3) is 5.91 Å². The average Bonchev–Trinajstić information content (AvgIpc) is 2.97. The summed E-state index contributed by atoms with van der Waals surface area (Å²) in [5, 5.41) is 0. The Balaban J connectivity index is 2.03. The zero-order chi connectivity index (χ0) is 18.2. The second kappa shape index (κ2) is 6.38. The van der Waals surface area contributed by atoms with Gasteiger partial charge in [-0.2, -0.15) is 0 Å². The highest BCUT2D eigenvalue weighted by Crippen LogP contribution is 2.38. The number of likely N-dealkylation sites (tertiary alicyclic amines) is 1. The lowest BCUT2D eigenvalue weighted by atomic mass is 9.96. The maximum atomic E-state index is 13.1. The highest BCUT2D eigenvalue weighted by atomic mass is 16.2. The minimum atomic E-state index is -0.532. The fraction of sp³-hybridized carbons (Fsp3) is 0.500. The van der Waals surface area contributed by atoms with E-state index in [4.69, 9.17) is 4.98 Å². The summed E-state index contributed by atoms with van der Waals surface area (Å²) in [7, 11) is 3.91. The van der Waals surface area contributed by atoms with E-state index in [9.17, 15) is 4.79 Å². The molecule has 1 atom stereocenters. The maximum absolute atomic E-state index is 13.1. The van der Waals surface area contributed by atoms with Crippen LogP contribution in [0.25, 0.3) is 0 Å². The number of carbonyl (C=O) groups excluding carboxylic acids is 1. The van der Waals surface area contributed by atoms with E-state index < -0.39 is 5.54 Å². The first-order chi connectivity index (χ1) is 11.8. The molecule has 0 saturated carbocycles. The molecule has 1 unspecified atom stereocenters. The molecule has 0 bridgehead atoms. The number of nitrogens with zero attached hydrogens (tertiary/aromatic N) is 6. The highest BCUT2D eigenvalue weighted by molar-refractivity contribution is 5.95. The molecule has 0 radical (unpaired) electrons. The number of hydrogen-bond acceptors (Lipinski definition) is 6. The Morgan fingerprint density at radius 2 is 2.04 bits per heavy atom. The smallest absolute Gasteiger partial charge is 0.258 e. The molecule has 0 spiro atoms. The number of hydrogen-bond donors (Lipinski definition) is 0. The van der Waals surface area contributed by atoms with E-state index in [0.29, 0.717) is 23.6 Å². The molecule has 0 aliphatic carbocycles. The summed E-state index contributed by atoms with van der Waals surface area (Å²) in [6, 6.07) is 1.95. The van der Waals surface area contributed by atoms with Crippen molar-refractivity contribution in [2.24, 2.45) is 0 Å². The Morgan fingerprint density at radius 3 is 2.72 bits per heavy atom. The molecule has 3 heterocycles. The van der Waals surface area contributed by atoms with Crippen LogP contribution < -0.4 is 4.90 Å². The van der Waals surface area contributed by atoms with Crippen molar-refractivity contribution in [2.75, 3.05) is 25.5 Å². The summed E-state index contributed by atoms with van der Waals surface area (Å²) in [4.78, 5) is 34.5. The van der Waals surface area contributed by atoms with Crippen LogP contribution in [-0.4, -0.2) is 51.4 Å². The minimum absolute atomic E-state index is 0.0605. The molecule has 2 aromatic rings. The first kappa shape index (κ1) is 17.3. The van der Waals surface area contributed by atoms with Gasteiger partial charge in [-0.05, 0) is 33.6 Å². The first-order valence-electron chi connectivity index (χ1n) is 8.45. The standard InChI is InChI=1S/C18H24N6O/c1-12-9-15(23(4)5)22-17(21-12)18(3)7-6-8-24(18)16(25)14-10-19-11-20-13(14)2/h9-11H,6-8H2,1-5H3. The number of anilines is 1. The van der Waals surface area contributed by atoms with Gasteiger partial charge in [0.1, 0.15) is 17.7 Å². The molecule has 1 aliphatic rings. The van der Waals surface area contributed by atoms with Gasteiger partial charge in [-0.15, -0.1) is 0 Å². The maximum Gasteiger partial charge on any atom is 0.258 e. The zero-order valence-electron chi connectivity index (χ0n) is 15.4. The summed E-state index contributed by atoms with van der Waals surface area (Å²) in [5.41, 5.74) is 1.59. The van der Waals surface area contributed by atoms with Gasteiger partial charge >= 0.3 is 0 Å². The lowest BCUT2D eigenvalue weighted by Crippen LogP contribution is -2.44. The van der Waals surface area contributed by atoms with Crippen LogP contribution in [0.15, 0.2) is 18.6 Å². The van der Waals surface area contributed by atoms with Crippen LogP contribution in [-0.2, 0) is 5.54 Å². The number of aryl methyl sites for hydroxylation is 2. The molecular formula is C18H24N6O. The van der Waals surface area contributed by atoms with Gasteiger partial charge in [-0.25, -0.2) is 19.9 Å². The molecule has 0 N–H and O–H groups in total.